The van der Waals surface area contributed by atoms with E-state index in [9.17, 15) is 4.79 Å². The van der Waals surface area contributed by atoms with Gasteiger partial charge < -0.3 is 15.4 Å². The zero-order valence-corrected chi connectivity index (χ0v) is 19.2. The van der Waals surface area contributed by atoms with Gasteiger partial charge in [0, 0.05) is 17.4 Å². The molecule has 4 rings (SSSR count). The number of nitrogens with one attached hydrogen (secondary N) is 2. The molecule has 0 aliphatic carbocycles. The molecule has 2 N–H and O–H groups in total. The van der Waals surface area contributed by atoms with E-state index in [1.807, 2.05) is 78.9 Å². The Labute approximate surface area is 203 Å². The number of ether oxygens (including phenoxy) is 1. The minimum atomic E-state index is -0.144. The number of amides is 1. The Kier molecular flexibility index (Phi) is 7.51. The molecule has 4 nitrogen and oxygen atoms in total. The summed E-state index contributed by atoms with van der Waals surface area (Å²) < 4.78 is 5.85. The van der Waals surface area contributed by atoms with E-state index in [0.717, 1.165) is 16.8 Å². The largest absolute Gasteiger partial charge is 0.489 e. The molecule has 0 radical (unpaired) electrons. The maximum Gasteiger partial charge on any atom is 0.228 e. The molecular weight excluding hydrogens is 455 g/mol. The lowest BCUT2D eigenvalue weighted by molar-refractivity contribution is -0.115. The second kappa shape index (κ2) is 10.9. The molecule has 4 aromatic carbocycles. The van der Waals surface area contributed by atoms with Crippen LogP contribution < -0.4 is 15.4 Å². The lowest BCUT2D eigenvalue weighted by Crippen LogP contribution is -2.15. The van der Waals surface area contributed by atoms with E-state index in [4.69, 9.17) is 27.9 Å². The van der Waals surface area contributed by atoms with E-state index in [2.05, 4.69) is 10.6 Å². The second-order valence-electron chi connectivity index (χ2n) is 7.41. The monoisotopic (exact) mass is 476 g/mol. The molecule has 0 saturated carbocycles. The lowest BCUT2D eigenvalue weighted by Gasteiger charge is -2.15. The van der Waals surface area contributed by atoms with Crippen LogP contribution in [0.25, 0.3) is 0 Å². The first-order chi connectivity index (χ1) is 16.1. The number of rotatable bonds is 8. The Balaban J connectivity index is 1.41. The van der Waals surface area contributed by atoms with E-state index < -0.39 is 0 Å². The fourth-order valence-electron chi connectivity index (χ4n) is 3.33. The van der Waals surface area contributed by atoms with E-state index >= 15 is 0 Å². The second-order valence-corrected chi connectivity index (χ2v) is 8.22. The third kappa shape index (κ3) is 6.28. The number of carbonyl (C=O) groups is 1. The van der Waals surface area contributed by atoms with Crippen LogP contribution in [0.4, 0.5) is 17.1 Å². The highest BCUT2D eigenvalue weighted by Crippen LogP contribution is 2.33. The molecule has 0 atom stereocenters. The molecule has 0 spiro atoms. The summed E-state index contributed by atoms with van der Waals surface area (Å²) in [6.45, 7) is 0.460. The van der Waals surface area contributed by atoms with Gasteiger partial charge in [0.05, 0.1) is 22.2 Å². The van der Waals surface area contributed by atoms with Crippen molar-refractivity contribution in [3.8, 4) is 5.75 Å². The number of carbonyl (C=O) groups excluding carboxylic acids is 1. The van der Waals surface area contributed by atoms with Crippen molar-refractivity contribution in [2.24, 2.45) is 0 Å². The fourth-order valence-corrected chi connectivity index (χ4v) is 3.82. The molecule has 4 aromatic rings. The minimum Gasteiger partial charge on any atom is -0.489 e. The molecule has 6 heteroatoms. The van der Waals surface area contributed by atoms with Crippen molar-refractivity contribution >= 4 is 46.2 Å². The highest BCUT2D eigenvalue weighted by atomic mass is 35.5. The van der Waals surface area contributed by atoms with Gasteiger partial charge in [-0.15, -0.1) is 0 Å². The van der Waals surface area contributed by atoms with Crippen LogP contribution in [0.15, 0.2) is 97.1 Å². The van der Waals surface area contributed by atoms with Gasteiger partial charge in [0.25, 0.3) is 0 Å². The molecule has 0 saturated heterocycles. The van der Waals surface area contributed by atoms with E-state index in [-0.39, 0.29) is 12.3 Å². The Morgan fingerprint density at radius 1 is 0.788 bits per heavy atom. The summed E-state index contributed by atoms with van der Waals surface area (Å²) in [5.41, 5.74) is 3.95. The third-order valence-corrected chi connectivity index (χ3v) is 5.59. The minimum absolute atomic E-state index is 0.144. The van der Waals surface area contributed by atoms with E-state index in [1.165, 1.54) is 0 Å². The summed E-state index contributed by atoms with van der Waals surface area (Å²) in [4.78, 5) is 12.8. The summed E-state index contributed by atoms with van der Waals surface area (Å²) in [6.07, 6.45) is 0.181. The van der Waals surface area contributed by atoms with Crippen LogP contribution in [-0.2, 0) is 17.8 Å². The van der Waals surface area contributed by atoms with Gasteiger partial charge in [0.15, 0.2) is 0 Å². The first kappa shape index (κ1) is 22.7. The molecule has 0 aromatic heterocycles. The quantitative estimate of drug-likeness (QED) is 0.276. The first-order valence-electron chi connectivity index (χ1n) is 10.4. The maximum atomic E-state index is 12.8. The van der Waals surface area contributed by atoms with Crippen molar-refractivity contribution in [3.63, 3.8) is 0 Å². The summed E-state index contributed by atoms with van der Waals surface area (Å²) in [6, 6.07) is 30.2. The SMILES string of the molecule is O=C(Cc1ccccc1Nc1c(Cl)cccc1Cl)Nc1cccc(OCc2ccccc2)c1. The molecule has 33 heavy (non-hydrogen) atoms. The molecule has 0 aliphatic heterocycles. The van der Waals surface area contributed by atoms with Gasteiger partial charge in [-0.3, -0.25) is 4.79 Å². The van der Waals surface area contributed by atoms with Crippen molar-refractivity contribution in [1.29, 1.82) is 0 Å². The third-order valence-electron chi connectivity index (χ3n) is 4.96. The van der Waals surface area contributed by atoms with Crippen LogP contribution in [0.5, 0.6) is 5.75 Å². The smallest absolute Gasteiger partial charge is 0.228 e. The summed E-state index contributed by atoms with van der Waals surface area (Å²) >= 11 is 12.6. The molecule has 166 valence electrons. The number of anilines is 3. The number of benzene rings is 4. The van der Waals surface area contributed by atoms with Gasteiger partial charge in [0.1, 0.15) is 12.4 Å². The Morgan fingerprint density at radius 3 is 2.27 bits per heavy atom. The Bertz CT molecular complexity index is 1230. The van der Waals surface area contributed by atoms with Crippen molar-refractivity contribution < 1.29 is 9.53 Å². The Morgan fingerprint density at radius 2 is 1.48 bits per heavy atom. The normalized spacial score (nSPS) is 10.5. The van der Waals surface area contributed by atoms with Crippen molar-refractivity contribution in [1.82, 2.24) is 0 Å². The van der Waals surface area contributed by atoms with Crippen molar-refractivity contribution in [3.05, 3.63) is 118 Å². The predicted molar refractivity (Wildman–Crippen MR) is 136 cm³/mol. The van der Waals surface area contributed by atoms with Gasteiger partial charge in [-0.05, 0) is 41.5 Å². The van der Waals surface area contributed by atoms with E-state index in [1.54, 1.807) is 18.2 Å². The van der Waals surface area contributed by atoms with Crippen LogP contribution >= 0.6 is 23.2 Å². The van der Waals surface area contributed by atoms with Crippen LogP contribution in [-0.4, -0.2) is 5.91 Å². The topological polar surface area (TPSA) is 50.4 Å². The molecule has 0 heterocycles. The molecular formula is C27H22Cl2N2O2. The highest BCUT2D eigenvalue weighted by Gasteiger charge is 2.12. The van der Waals surface area contributed by atoms with Gasteiger partial charge in [0.2, 0.25) is 5.91 Å². The van der Waals surface area contributed by atoms with E-state index in [0.29, 0.717) is 33.8 Å². The van der Waals surface area contributed by atoms with Crippen LogP contribution in [0.2, 0.25) is 10.0 Å². The number of hydrogen-bond donors (Lipinski definition) is 2. The first-order valence-corrected chi connectivity index (χ1v) is 11.2. The van der Waals surface area contributed by atoms with Crippen LogP contribution in [0, 0.1) is 0 Å². The maximum absolute atomic E-state index is 12.8. The number of halogens is 2. The molecule has 1 amide bonds. The zero-order chi connectivity index (χ0) is 23.0. The predicted octanol–water partition coefficient (Wildman–Crippen LogP) is 7.50. The number of para-hydroxylation sites is 2. The van der Waals surface area contributed by atoms with Crippen molar-refractivity contribution in [2.45, 2.75) is 13.0 Å². The number of hydrogen-bond acceptors (Lipinski definition) is 3. The average molecular weight is 477 g/mol. The molecule has 0 fully saturated rings. The van der Waals surface area contributed by atoms with Gasteiger partial charge in [-0.25, -0.2) is 0 Å². The Hall–Kier alpha value is -3.47. The zero-order valence-electron chi connectivity index (χ0n) is 17.7. The summed E-state index contributed by atoms with van der Waals surface area (Å²) in [5.74, 6) is 0.543. The highest BCUT2D eigenvalue weighted by molar-refractivity contribution is 6.39. The molecule has 0 aliphatic rings. The molecule has 0 bridgehead atoms. The summed E-state index contributed by atoms with van der Waals surface area (Å²) in [7, 11) is 0. The average Bonchev–Trinajstić information content (AvgIpc) is 2.82. The van der Waals surface area contributed by atoms with Gasteiger partial charge in [-0.1, -0.05) is 83.9 Å². The van der Waals surface area contributed by atoms with Crippen LogP contribution in [0.1, 0.15) is 11.1 Å². The lowest BCUT2D eigenvalue weighted by atomic mass is 10.1. The fraction of sp³-hybridized carbons (Fsp3) is 0.0741. The standard InChI is InChI=1S/C27H22Cl2N2O2/c28-23-13-7-14-24(29)27(23)31-25-15-5-4-10-20(25)16-26(32)30-21-11-6-12-22(17-21)33-18-19-8-2-1-3-9-19/h1-15,17,31H,16,18H2,(H,30,32). The van der Waals surface area contributed by atoms with Gasteiger partial charge >= 0.3 is 0 Å². The molecule has 0 unspecified atom stereocenters. The van der Waals surface area contributed by atoms with Crippen LogP contribution in [0.3, 0.4) is 0 Å². The van der Waals surface area contributed by atoms with Crippen molar-refractivity contribution in [2.75, 3.05) is 10.6 Å². The summed E-state index contributed by atoms with van der Waals surface area (Å²) in [5, 5.41) is 7.22. The van der Waals surface area contributed by atoms with Gasteiger partial charge in [-0.2, -0.15) is 0 Å².